The number of hydrogen-bond donors (Lipinski definition) is 2. The van der Waals surface area contributed by atoms with Crippen molar-refractivity contribution >= 4 is 44.6 Å². The number of amides is 1. The zero-order valence-corrected chi connectivity index (χ0v) is 18.9. The summed E-state index contributed by atoms with van der Waals surface area (Å²) in [5, 5.41) is 5.95. The normalized spacial score (nSPS) is 15.0. The number of thiocarbonyl (C=S) groups is 1. The first kappa shape index (κ1) is 22.2. The van der Waals surface area contributed by atoms with Crippen LogP contribution in [0.15, 0.2) is 42.5 Å². The Hall–Kier alpha value is -2.49. The molecule has 1 aliphatic rings. The van der Waals surface area contributed by atoms with Crippen LogP contribution in [0.3, 0.4) is 0 Å². The molecule has 0 spiro atoms. The number of hydrogen-bond acceptors (Lipinski definition) is 5. The fourth-order valence-corrected chi connectivity index (χ4v) is 4.29. The lowest BCUT2D eigenvalue weighted by atomic mass is 10.1. The minimum Gasteiger partial charge on any atom is -0.369 e. The summed E-state index contributed by atoms with van der Waals surface area (Å²) in [6.45, 7) is 6.21. The van der Waals surface area contributed by atoms with Crippen molar-refractivity contribution in [3.05, 3.63) is 59.2 Å². The number of anilines is 2. The maximum atomic E-state index is 12.4. The average molecular weight is 447 g/mol. The van der Waals surface area contributed by atoms with Crippen molar-refractivity contribution < 1.29 is 13.2 Å². The van der Waals surface area contributed by atoms with E-state index in [1.165, 1.54) is 10.6 Å². The number of carbonyl (C=O) groups excluding carboxylic acids is 1. The van der Waals surface area contributed by atoms with Crippen LogP contribution in [-0.2, 0) is 10.0 Å². The van der Waals surface area contributed by atoms with Gasteiger partial charge < -0.3 is 10.2 Å². The van der Waals surface area contributed by atoms with E-state index in [2.05, 4.69) is 15.5 Å². The molecule has 2 N–H and O–H groups in total. The Bertz CT molecular complexity index is 1040. The van der Waals surface area contributed by atoms with Crippen molar-refractivity contribution in [3.8, 4) is 0 Å². The molecule has 1 saturated heterocycles. The molecule has 2 aromatic rings. The molecule has 0 aromatic heterocycles. The van der Waals surface area contributed by atoms with Gasteiger partial charge in [0.05, 0.1) is 6.26 Å². The van der Waals surface area contributed by atoms with E-state index in [1.807, 2.05) is 50.2 Å². The summed E-state index contributed by atoms with van der Waals surface area (Å²) in [6, 6.07) is 13.2. The fraction of sp³-hybridized carbons (Fsp3) is 0.333. The first-order valence-electron chi connectivity index (χ1n) is 9.63. The molecule has 9 heteroatoms. The Morgan fingerprint density at radius 2 is 1.60 bits per heavy atom. The van der Waals surface area contributed by atoms with E-state index in [9.17, 15) is 13.2 Å². The standard InChI is InChI=1S/C21H26N4O3S2/c1-15-4-5-17(14-16(15)2)20(26)23-21(29)22-18-6-8-19(9-7-18)24-10-12-25(13-11-24)30(3,27)28/h4-9,14H,10-13H2,1-3H3,(H2,22,23,26,29). The summed E-state index contributed by atoms with van der Waals surface area (Å²) >= 11 is 5.26. The predicted molar refractivity (Wildman–Crippen MR) is 125 cm³/mol. The topological polar surface area (TPSA) is 81.8 Å². The second-order valence-electron chi connectivity index (χ2n) is 7.40. The van der Waals surface area contributed by atoms with E-state index >= 15 is 0 Å². The largest absolute Gasteiger partial charge is 0.369 e. The van der Waals surface area contributed by atoms with Crippen LogP contribution < -0.4 is 15.5 Å². The summed E-state index contributed by atoms with van der Waals surface area (Å²) in [7, 11) is -3.14. The van der Waals surface area contributed by atoms with Gasteiger partial charge in [0.25, 0.3) is 5.91 Å². The predicted octanol–water partition coefficient (Wildman–Crippen LogP) is 2.51. The van der Waals surface area contributed by atoms with Crippen LogP contribution in [0, 0.1) is 13.8 Å². The van der Waals surface area contributed by atoms with E-state index < -0.39 is 10.0 Å². The minimum atomic E-state index is -3.14. The molecule has 3 rings (SSSR count). The smallest absolute Gasteiger partial charge is 0.257 e. The van der Waals surface area contributed by atoms with Crippen molar-refractivity contribution in [3.63, 3.8) is 0 Å². The highest BCUT2D eigenvalue weighted by Crippen LogP contribution is 2.20. The molecule has 1 fully saturated rings. The molecule has 160 valence electrons. The molecule has 2 aromatic carbocycles. The van der Waals surface area contributed by atoms with Gasteiger partial charge in [-0.2, -0.15) is 4.31 Å². The van der Waals surface area contributed by atoms with Gasteiger partial charge in [0.1, 0.15) is 0 Å². The average Bonchev–Trinajstić information content (AvgIpc) is 2.70. The molecule has 30 heavy (non-hydrogen) atoms. The van der Waals surface area contributed by atoms with Crippen molar-refractivity contribution in [2.24, 2.45) is 0 Å². The lowest BCUT2D eigenvalue weighted by Gasteiger charge is -2.34. The molecule has 0 unspecified atom stereocenters. The molecule has 7 nitrogen and oxygen atoms in total. The van der Waals surface area contributed by atoms with Crippen LogP contribution in [0.2, 0.25) is 0 Å². The Balaban J connectivity index is 1.54. The molecule has 1 aliphatic heterocycles. The van der Waals surface area contributed by atoms with Gasteiger partial charge in [0, 0.05) is 43.1 Å². The van der Waals surface area contributed by atoms with Crippen LogP contribution in [0.5, 0.6) is 0 Å². The number of carbonyl (C=O) groups is 1. The molecular formula is C21H26N4O3S2. The van der Waals surface area contributed by atoms with Gasteiger partial charge in [-0.1, -0.05) is 6.07 Å². The number of rotatable bonds is 4. The lowest BCUT2D eigenvalue weighted by molar-refractivity contribution is 0.0977. The Morgan fingerprint density at radius 3 is 2.17 bits per heavy atom. The minimum absolute atomic E-state index is 0.229. The van der Waals surface area contributed by atoms with Gasteiger partial charge in [-0.05, 0) is 73.6 Å². The summed E-state index contributed by atoms with van der Waals surface area (Å²) in [6.07, 6.45) is 1.24. The zero-order valence-electron chi connectivity index (χ0n) is 17.3. The molecule has 0 saturated carbocycles. The van der Waals surface area contributed by atoms with E-state index in [0.29, 0.717) is 31.7 Å². The third-order valence-corrected chi connectivity index (χ3v) is 6.70. The third kappa shape index (κ3) is 5.56. The maximum Gasteiger partial charge on any atom is 0.257 e. The maximum absolute atomic E-state index is 12.4. The number of sulfonamides is 1. The zero-order chi connectivity index (χ0) is 21.9. The molecule has 0 radical (unpaired) electrons. The lowest BCUT2D eigenvalue weighted by Crippen LogP contribution is -2.48. The van der Waals surface area contributed by atoms with Crippen LogP contribution in [0.1, 0.15) is 21.5 Å². The number of aryl methyl sites for hydroxylation is 2. The highest BCUT2D eigenvalue weighted by atomic mass is 32.2. The van der Waals surface area contributed by atoms with Crippen molar-refractivity contribution in [2.45, 2.75) is 13.8 Å². The highest BCUT2D eigenvalue weighted by molar-refractivity contribution is 7.88. The molecule has 0 atom stereocenters. The number of nitrogens with one attached hydrogen (secondary N) is 2. The SMILES string of the molecule is Cc1ccc(C(=O)NC(=S)Nc2ccc(N3CCN(S(C)(=O)=O)CC3)cc2)cc1C. The van der Waals surface area contributed by atoms with Gasteiger partial charge in [-0.15, -0.1) is 0 Å². The van der Waals surface area contributed by atoms with Crippen molar-refractivity contribution in [1.29, 1.82) is 0 Å². The second kappa shape index (κ2) is 9.11. The van der Waals surface area contributed by atoms with E-state index in [1.54, 1.807) is 6.07 Å². The summed E-state index contributed by atoms with van der Waals surface area (Å²) in [5.74, 6) is -0.254. The van der Waals surface area contributed by atoms with E-state index in [-0.39, 0.29) is 11.0 Å². The Labute approximate surface area is 183 Å². The number of piperazine rings is 1. The first-order valence-corrected chi connectivity index (χ1v) is 11.9. The second-order valence-corrected chi connectivity index (χ2v) is 9.79. The molecule has 0 aliphatic carbocycles. The van der Waals surface area contributed by atoms with Gasteiger partial charge in [-0.3, -0.25) is 10.1 Å². The van der Waals surface area contributed by atoms with Gasteiger partial charge in [0.2, 0.25) is 10.0 Å². The summed E-state index contributed by atoms with van der Waals surface area (Å²) in [4.78, 5) is 14.5. The summed E-state index contributed by atoms with van der Waals surface area (Å²) < 4.78 is 24.8. The molecular weight excluding hydrogens is 420 g/mol. The molecule has 1 heterocycles. The van der Waals surface area contributed by atoms with Crippen LogP contribution in [0.25, 0.3) is 0 Å². The molecule has 0 bridgehead atoms. The number of nitrogens with zero attached hydrogens (tertiary/aromatic N) is 2. The number of benzene rings is 2. The van der Waals surface area contributed by atoms with E-state index in [0.717, 1.165) is 22.5 Å². The van der Waals surface area contributed by atoms with Gasteiger partial charge in [-0.25, -0.2) is 8.42 Å². The Kier molecular flexibility index (Phi) is 6.74. The molecule has 1 amide bonds. The van der Waals surface area contributed by atoms with Crippen LogP contribution in [0.4, 0.5) is 11.4 Å². The van der Waals surface area contributed by atoms with Crippen LogP contribution in [-0.4, -0.2) is 56.2 Å². The first-order chi connectivity index (χ1) is 14.1. The Morgan fingerprint density at radius 1 is 0.967 bits per heavy atom. The van der Waals surface area contributed by atoms with Crippen LogP contribution >= 0.6 is 12.2 Å². The summed E-state index contributed by atoms with van der Waals surface area (Å²) in [5.41, 5.74) is 4.52. The monoisotopic (exact) mass is 446 g/mol. The van der Waals surface area contributed by atoms with E-state index in [4.69, 9.17) is 12.2 Å². The van der Waals surface area contributed by atoms with Crippen molar-refractivity contribution in [1.82, 2.24) is 9.62 Å². The van der Waals surface area contributed by atoms with Crippen molar-refractivity contribution in [2.75, 3.05) is 42.7 Å². The van der Waals surface area contributed by atoms with Gasteiger partial charge >= 0.3 is 0 Å². The third-order valence-electron chi connectivity index (χ3n) is 5.19. The quantitative estimate of drug-likeness (QED) is 0.703. The van der Waals surface area contributed by atoms with Gasteiger partial charge in [0.15, 0.2) is 5.11 Å². The fourth-order valence-electron chi connectivity index (χ4n) is 3.25. The highest BCUT2D eigenvalue weighted by Gasteiger charge is 2.23.